The van der Waals surface area contributed by atoms with Crippen molar-refractivity contribution in [2.75, 3.05) is 7.11 Å². The maximum Gasteiger partial charge on any atom is 0.339 e. The second-order valence-corrected chi connectivity index (χ2v) is 5.04. The van der Waals surface area contributed by atoms with Gasteiger partial charge in [-0.2, -0.15) is 5.10 Å². The number of carboxylic acid groups (broad SMARTS) is 1. The quantitative estimate of drug-likeness (QED) is 0.804. The molecule has 6 heteroatoms. The number of aryl methyl sites for hydroxylation is 2. The van der Waals surface area contributed by atoms with Crippen LogP contribution in [0.3, 0.4) is 0 Å². The summed E-state index contributed by atoms with van der Waals surface area (Å²) in [6, 6.07) is 7.58. The van der Waals surface area contributed by atoms with E-state index in [4.69, 9.17) is 9.84 Å². The van der Waals surface area contributed by atoms with E-state index in [2.05, 4.69) is 10.1 Å². The summed E-state index contributed by atoms with van der Waals surface area (Å²) in [5, 5.41) is 13.6. The number of nitrogens with zero attached hydrogens (tertiary/aromatic N) is 3. The Bertz CT molecular complexity index is 884. The molecule has 1 N–H and O–H groups in total. The Labute approximate surface area is 127 Å². The lowest BCUT2D eigenvalue weighted by atomic mass is 10.1. The SMILES string of the molecule is COc1ccc(-c2cc3ncc(C(=O)O)c(C)n3n2)c(C)c1. The highest BCUT2D eigenvalue weighted by molar-refractivity contribution is 5.88. The van der Waals surface area contributed by atoms with Crippen molar-refractivity contribution >= 4 is 11.6 Å². The summed E-state index contributed by atoms with van der Waals surface area (Å²) in [7, 11) is 1.63. The highest BCUT2D eigenvalue weighted by Crippen LogP contribution is 2.27. The molecule has 0 saturated heterocycles. The van der Waals surface area contributed by atoms with Gasteiger partial charge in [0.15, 0.2) is 5.65 Å². The van der Waals surface area contributed by atoms with Gasteiger partial charge in [-0.15, -0.1) is 0 Å². The highest BCUT2D eigenvalue weighted by atomic mass is 16.5. The molecule has 0 saturated carbocycles. The van der Waals surface area contributed by atoms with Crippen LogP contribution in [0.15, 0.2) is 30.5 Å². The average molecular weight is 297 g/mol. The summed E-state index contributed by atoms with van der Waals surface area (Å²) >= 11 is 0. The number of hydrogen-bond donors (Lipinski definition) is 1. The van der Waals surface area contributed by atoms with E-state index in [1.165, 1.54) is 6.20 Å². The van der Waals surface area contributed by atoms with Crippen LogP contribution >= 0.6 is 0 Å². The molecule has 2 aromatic heterocycles. The Hall–Kier alpha value is -2.89. The van der Waals surface area contributed by atoms with Crippen LogP contribution in [0.2, 0.25) is 0 Å². The summed E-state index contributed by atoms with van der Waals surface area (Å²) in [5.74, 6) is -0.225. The maximum atomic E-state index is 11.2. The number of ether oxygens (including phenoxy) is 1. The minimum Gasteiger partial charge on any atom is -0.497 e. The first kappa shape index (κ1) is 14.1. The minimum atomic E-state index is -1.01. The molecule has 0 amide bonds. The molecule has 0 unspecified atom stereocenters. The second-order valence-electron chi connectivity index (χ2n) is 5.04. The van der Waals surface area contributed by atoms with E-state index >= 15 is 0 Å². The van der Waals surface area contributed by atoms with E-state index in [0.29, 0.717) is 11.3 Å². The minimum absolute atomic E-state index is 0.147. The fourth-order valence-corrected chi connectivity index (χ4v) is 2.44. The third-order valence-corrected chi connectivity index (χ3v) is 3.66. The highest BCUT2D eigenvalue weighted by Gasteiger charge is 2.14. The summed E-state index contributed by atoms with van der Waals surface area (Å²) in [6.45, 7) is 3.70. The van der Waals surface area contributed by atoms with Gasteiger partial charge in [-0.1, -0.05) is 0 Å². The third kappa shape index (κ3) is 2.18. The van der Waals surface area contributed by atoms with Crippen LogP contribution in [0, 0.1) is 13.8 Å². The molecular formula is C16H15N3O3. The Morgan fingerprint density at radius 2 is 2.05 bits per heavy atom. The standard InChI is InChI=1S/C16H15N3O3/c1-9-6-11(22-3)4-5-12(9)14-7-15-17-8-13(16(20)21)10(2)19(15)18-14/h4-8H,1-3H3,(H,20,21). The van der Waals surface area contributed by atoms with E-state index in [1.54, 1.807) is 18.5 Å². The van der Waals surface area contributed by atoms with Crippen LogP contribution in [-0.2, 0) is 0 Å². The molecule has 3 rings (SSSR count). The summed E-state index contributed by atoms with van der Waals surface area (Å²) in [6.07, 6.45) is 1.36. The van der Waals surface area contributed by atoms with Crippen molar-refractivity contribution in [2.45, 2.75) is 13.8 Å². The first-order valence-corrected chi connectivity index (χ1v) is 6.75. The lowest BCUT2D eigenvalue weighted by molar-refractivity contribution is 0.0695. The molecule has 0 radical (unpaired) electrons. The topological polar surface area (TPSA) is 76.7 Å². The first-order valence-electron chi connectivity index (χ1n) is 6.75. The van der Waals surface area contributed by atoms with Crippen LogP contribution in [0.4, 0.5) is 0 Å². The number of carbonyl (C=O) groups is 1. The molecular weight excluding hydrogens is 282 g/mol. The molecule has 0 aliphatic heterocycles. The number of methoxy groups -OCH3 is 1. The number of fused-ring (bicyclic) bond motifs is 1. The van der Waals surface area contributed by atoms with Gasteiger partial charge in [0.05, 0.1) is 24.1 Å². The molecule has 0 fully saturated rings. The smallest absolute Gasteiger partial charge is 0.339 e. The predicted molar refractivity (Wildman–Crippen MR) is 81.4 cm³/mol. The van der Waals surface area contributed by atoms with Crippen LogP contribution < -0.4 is 4.74 Å². The van der Waals surface area contributed by atoms with Crippen molar-refractivity contribution in [3.63, 3.8) is 0 Å². The van der Waals surface area contributed by atoms with Crippen molar-refractivity contribution in [1.29, 1.82) is 0 Å². The van der Waals surface area contributed by atoms with Gasteiger partial charge in [-0.05, 0) is 37.6 Å². The Morgan fingerprint density at radius 3 is 2.68 bits per heavy atom. The normalized spacial score (nSPS) is 10.9. The summed E-state index contributed by atoms with van der Waals surface area (Å²) < 4.78 is 6.76. The van der Waals surface area contributed by atoms with Crippen LogP contribution in [0.5, 0.6) is 5.75 Å². The number of hydrogen-bond acceptors (Lipinski definition) is 4. The van der Waals surface area contributed by atoms with Crippen molar-refractivity contribution in [1.82, 2.24) is 14.6 Å². The zero-order valence-corrected chi connectivity index (χ0v) is 12.5. The number of aromatic carboxylic acids is 1. The van der Waals surface area contributed by atoms with E-state index in [9.17, 15) is 4.79 Å². The molecule has 22 heavy (non-hydrogen) atoms. The van der Waals surface area contributed by atoms with Crippen molar-refractivity contribution in [2.24, 2.45) is 0 Å². The summed E-state index contributed by atoms with van der Waals surface area (Å²) in [4.78, 5) is 15.3. The zero-order valence-electron chi connectivity index (χ0n) is 12.5. The van der Waals surface area contributed by atoms with E-state index < -0.39 is 5.97 Å². The first-order chi connectivity index (χ1) is 10.5. The van der Waals surface area contributed by atoms with E-state index in [-0.39, 0.29) is 5.56 Å². The lowest BCUT2D eigenvalue weighted by Gasteiger charge is -2.05. The molecule has 0 spiro atoms. The third-order valence-electron chi connectivity index (χ3n) is 3.66. The largest absolute Gasteiger partial charge is 0.497 e. The Balaban J connectivity index is 2.17. The molecule has 1 aromatic carbocycles. The van der Waals surface area contributed by atoms with Crippen molar-refractivity contribution < 1.29 is 14.6 Å². The predicted octanol–water partition coefficient (Wildman–Crippen LogP) is 2.72. The Morgan fingerprint density at radius 1 is 1.27 bits per heavy atom. The van der Waals surface area contributed by atoms with Gasteiger partial charge in [0, 0.05) is 17.8 Å². The van der Waals surface area contributed by atoms with Crippen LogP contribution in [0.1, 0.15) is 21.6 Å². The number of rotatable bonds is 3. The lowest BCUT2D eigenvalue weighted by Crippen LogP contribution is -2.06. The molecule has 2 heterocycles. The van der Waals surface area contributed by atoms with Gasteiger partial charge in [0.1, 0.15) is 5.75 Å². The van der Waals surface area contributed by atoms with Crippen LogP contribution in [-0.4, -0.2) is 32.8 Å². The molecule has 112 valence electrons. The van der Waals surface area contributed by atoms with Gasteiger partial charge < -0.3 is 9.84 Å². The summed E-state index contributed by atoms with van der Waals surface area (Å²) in [5.41, 5.74) is 4.05. The number of aromatic nitrogens is 3. The van der Waals surface area contributed by atoms with Gasteiger partial charge in [-0.25, -0.2) is 14.3 Å². The molecule has 6 nitrogen and oxygen atoms in total. The average Bonchev–Trinajstić information content (AvgIpc) is 2.91. The number of benzene rings is 1. The van der Waals surface area contributed by atoms with Gasteiger partial charge in [0.25, 0.3) is 0 Å². The maximum absolute atomic E-state index is 11.2. The second kappa shape index (κ2) is 5.14. The van der Waals surface area contributed by atoms with Crippen molar-refractivity contribution in [3.05, 3.63) is 47.3 Å². The van der Waals surface area contributed by atoms with Gasteiger partial charge in [-0.3, -0.25) is 0 Å². The molecule has 3 aromatic rings. The van der Waals surface area contributed by atoms with E-state index in [1.807, 2.05) is 31.2 Å². The fraction of sp³-hybridized carbons (Fsp3) is 0.188. The fourth-order valence-electron chi connectivity index (χ4n) is 2.44. The number of carboxylic acids is 1. The molecule has 0 atom stereocenters. The monoisotopic (exact) mass is 297 g/mol. The Kier molecular flexibility index (Phi) is 3.29. The molecule has 0 aliphatic carbocycles. The van der Waals surface area contributed by atoms with E-state index in [0.717, 1.165) is 22.6 Å². The van der Waals surface area contributed by atoms with Gasteiger partial charge >= 0.3 is 5.97 Å². The zero-order chi connectivity index (χ0) is 15.9. The molecule has 0 aliphatic rings. The van der Waals surface area contributed by atoms with Gasteiger partial charge in [0.2, 0.25) is 0 Å². The van der Waals surface area contributed by atoms with Crippen molar-refractivity contribution in [3.8, 4) is 17.0 Å². The molecule has 0 bridgehead atoms. The van der Waals surface area contributed by atoms with Crippen LogP contribution in [0.25, 0.3) is 16.9 Å².